The molecule has 1 atom stereocenters. The normalized spacial score (nSPS) is 18.3. The summed E-state index contributed by atoms with van der Waals surface area (Å²) in [6, 6.07) is 0. The Morgan fingerprint density at radius 3 is 2.63 bits per heavy atom. The number of nitrogens with one attached hydrogen (secondary N) is 1. The van der Waals surface area contributed by atoms with E-state index in [4.69, 9.17) is 0 Å². The van der Waals surface area contributed by atoms with Gasteiger partial charge in [0, 0.05) is 26.1 Å². The van der Waals surface area contributed by atoms with E-state index in [1.165, 1.54) is 7.11 Å². The van der Waals surface area contributed by atoms with Crippen LogP contribution >= 0.6 is 0 Å². The van der Waals surface area contributed by atoms with Crippen LogP contribution in [-0.4, -0.2) is 49.4 Å². The lowest BCUT2D eigenvalue weighted by Gasteiger charge is -2.26. The molecule has 19 heavy (non-hydrogen) atoms. The first-order valence-electron chi connectivity index (χ1n) is 6.56. The van der Waals surface area contributed by atoms with E-state index in [1.807, 2.05) is 13.8 Å². The summed E-state index contributed by atoms with van der Waals surface area (Å²) in [5.41, 5.74) is 0. The van der Waals surface area contributed by atoms with Crippen molar-refractivity contribution in [3.8, 4) is 0 Å². The van der Waals surface area contributed by atoms with Crippen LogP contribution < -0.4 is 5.32 Å². The van der Waals surface area contributed by atoms with E-state index in [9.17, 15) is 14.4 Å². The van der Waals surface area contributed by atoms with Crippen molar-refractivity contribution < 1.29 is 19.1 Å². The van der Waals surface area contributed by atoms with Crippen molar-refractivity contribution in [2.24, 2.45) is 11.8 Å². The second-order valence-electron chi connectivity index (χ2n) is 5.21. The van der Waals surface area contributed by atoms with Crippen molar-refractivity contribution in [1.29, 1.82) is 0 Å². The molecule has 0 aromatic heterocycles. The van der Waals surface area contributed by atoms with E-state index in [0.29, 0.717) is 25.6 Å². The van der Waals surface area contributed by atoms with E-state index in [0.717, 1.165) is 0 Å². The van der Waals surface area contributed by atoms with E-state index in [1.54, 1.807) is 4.90 Å². The number of carbonyl (C=O) groups is 3. The van der Waals surface area contributed by atoms with Gasteiger partial charge in [-0.15, -0.1) is 0 Å². The van der Waals surface area contributed by atoms with E-state index >= 15 is 0 Å². The summed E-state index contributed by atoms with van der Waals surface area (Å²) in [7, 11) is 1.33. The molecule has 0 saturated carbocycles. The summed E-state index contributed by atoms with van der Waals surface area (Å²) in [4.78, 5) is 36.3. The van der Waals surface area contributed by atoms with Crippen LogP contribution in [0.25, 0.3) is 0 Å². The number of hydrogen-bond acceptors (Lipinski definition) is 4. The van der Waals surface area contributed by atoms with Gasteiger partial charge in [0.05, 0.1) is 19.4 Å². The predicted octanol–water partition coefficient (Wildman–Crippen LogP) is 0.170. The van der Waals surface area contributed by atoms with Gasteiger partial charge in [-0.3, -0.25) is 14.4 Å². The molecular weight excluding hydrogens is 248 g/mol. The molecule has 108 valence electrons. The van der Waals surface area contributed by atoms with E-state index < -0.39 is 0 Å². The minimum Gasteiger partial charge on any atom is -0.469 e. The van der Waals surface area contributed by atoms with Crippen molar-refractivity contribution in [3.05, 3.63) is 0 Å². The zero-order chi connectivity index (χ0) is 14.4. The van der Waals surface area contributed by atoms with E-state index in [2.05, 4.69) is 10.1 Å². The third-order valence-electron chi connectivity index (χ3n) is 3.04. The largest absolute Gasteiger partial charge is 0.469 e. The van der Waals surface area contributed by atoms with Crippen LogP contribution in [0.5, 0.6) is 0 Å². The molecule has 1 fully saturated rings. The van der Waals surface area contributed by atoms with Gasteiger partial charge in [0.2, 0.25) is 11.8 Å². The molecule has 6 heteroatoms. The molecule has 1 heterocycles. The molecule has 2 amide bonds. The molecule has 0 bridgehead atoms. The second-order valence-corrected chi connectivity index (χ2v) is 5.21. The number of rotatable bonds is 6. The van der Waals surface area contributed by atoms with Gasteiger partial charge in [0.25, 0.3) is 0 Å². The fraction of sp³-hybridized carbons (Fsp3) is 0.769. The summed E-state index contributed by atoms with van der Waals surface area (Å²) in [6.45, 7) is 5.34. The Morgan fingerprint density at radius 2 is 2.16 bits per heavy atom. The highest BCUT2D eigenvalue weighted by Crippen LogP contribution is 2.14. The van der Waals surface area contributed by atoms with Crippen molar-refractivity contribution in [1.82, 2.24) is 10.2 Å². The first-order chi connectivity index (χ1) is 8.93. The average Bonchev–Trinajstić information content (AvgIpc) is 2.79. The highest BCUT2D eigenvalue weighted by molar-refractivity contribution is 5.89. The Balaban J connectivity index is 2.59. The first kappa shape index (κ1) is 15.5. The van der Waals surface area contributed by atoms with Gasteiger partial charge >= 0.3 is 5.97 Å². The van der Waals surface area contributed by atoms with Crippen LogP contribution in [-0.2, 0) is 19.1 Å². The molecule has 1 saturated heterocycles. The third-order valence-corrected chi connectivity index (χ3v) is 3.04. The van der Waals surface area contributed by atoms with Gasteiger partial charge in [-0.25, -0.2) is 0 Å². The zero-order valence-corrected chi connectivity index (χ0v) is 11.8. The smallest absolute Gasteiger partial charge is 0.307 e. The highest BCUT2D eigenvalue weighted by atomic mass is 16.5. The van der Waals surface area contributed by atoms with Crippen LogP contribution in [0.2, 0.25) is 0 Å². The van der Waals surface area contributed by atoms with Crippen molar-refractivity contribution >= 4 is 17.8 Å². The fourth-order valence-electron chi connectivity index (χ4n) is 2.10. The molecule has 0 aromatic rings. The number of nitrogens with zero attached hydrogens (tertiary/aromatic N) is 1. The molecule has 1 N–H and O–H groups in total. The summed E-state index contributed by atoms with van der Waals surface area (Å²) in [5, 5.41) is 2.66. The van der Waals surface area contributed by atoms with E-state index in [-0.39, 0.29) is 36.5 Å². The average molecular weight is 270 g/mol. The Kier molecular flexibility index (Phi) is 5.79. The monoisotopic (exact) mass is 270 g/mol. The number of carbonyl (C=O) groups excluding carboxylic acids is 3. The molecular formula is C13H22N2O4. The summed E-state index contributed by atoms with van der Waals surface area (Å²) in [5.74, 6) is -0.468. The Labute approximate surface area is 113 Å². The molecule has 1 aliphatic rings. The second kappa shape index (κ2) is 7.11. The predicted molar refractivity (Wildman–Crippen MR) is 69.2 cm³/mol. The topological polar surface area (TPSA) is 75.7 Å². The SMILES string of the molecule is COC(=O)CCN(CC(C)C)C(=O)C1CNC(=O)C1. The molecule has 0 radical (unpaired) electrons. The molecule has 1 unspecified atom stereocenters. The standard InChI is InChI=1S/C13H22N2O4/c1-9(2)8-15(5-4-12(17)19-3)13(18)10-6-11(16)14-7-10/h9-10H,4-8H2,1-3H3,(H,14,16). The maximum Gasteiger partial charge on any atom is 0.307 e. The van der Waals surface area contributed by atoms with Gasteiger partial charge in [0.1, 0.15) is 0 Å². The molecule has 0 spiro atoms. The Hall–Kier alpha value is -1.59. The quantitative estimate of drug-likeness (QED) is 0.698. The highest BCUT2D eigenvalue weighted by Gasteiger charge is 2.31. The molecule has 0 aliphatic carbocycles. The Morgan fingerprint density at radius 1 is 1.47 bits per heavy atom. The summed E-state index contributed by atoms with van der Waals surface area (Å²) < 4.78 is 4.58. The molecule has 1 rings (SSSR count). The molecule has 0 aromatic carbocycles. The van der Waals surface area contributed by atoms with Crippen LogP contribution in [0, 0.1) is 11.8 Å². The number of esters is 1. The van der Waals surface area contributed by atoms with Crippen LogP contribution in [0.4, 0.5) is 0 Å². The van der Waals surface area contributed by atoms with Gasteiger partial charge in [0.15, 0.2) is 0 Å². The number of amides is 2. The van der Waals surface area contributed by atoms with Gasteiger partial charge < -0.3 is 15.0 Å². The van der Waals surface area contributed by atoms with Gasteiger partial charge in [-0.1, -0.05) is 13.8 Å². The fourth-order valence-corrected chi connectivity index (χ4v) is 2.10. The van der Waals surface area contributed by atoms with Crippen molar-refractivity contribution in [2.75, 3.05) is 26.7 Å². The third kappa shape index (κ3) is 4.89. The zero-order valence-electron chi connectivity index (χ0n) is 11.8. The minimum atomic E-state index is -0.331. The van der Waals surface area contributed by atoms with Gasteiger partial charge in [-0.05, 0) is 5.92 Å². The lowest BCUT2D eigenvalue weighted by molar-refractivity contribution is -0.142. The number of ether oxygens (including phenoxy) is 1. The summed E-state index contributed by atoms with van der Waals surface area (Å²) >= 11 is 0. The molecule has 6 nitrogen and oxygen atoms in total. The van der Waals surface area contributed by atoms with Crippen LogP contribution in [0.1, 0.15) is 26.7 Å². The first-order valence-corrected chi connectivity index (χ1v) is 6.56. The minimum absolute atomic E-state index is 0.0593. The number of hydrogen-bond donors (Lipinski definition) is 1. The summed E-state index contributed by atoms with van der Waals surface area (Å²) in [6.07, 6.45) is 0.425. The van der Waals surface area contributed by atoms with Gasteiger partial charge in [-0.2, -0.15) is 0 Å². The van der Waals surface area contributed by atoms with Crippen LogP contribution in [0.15, 0.2) is 0 Å². The number of methoxy groups -OCH3 is 1. The lowest BCUT2D eigenvalue weighted by atomic mass is 10.1. The van der Waals surface area contributed by atoms with Crippen LogP contribution in [0.3, 0.4) is 0 Å². The molecule has 1 aliphatic heterocycles. The lowest BCUT2D eigenvalue weighted by Crippen LogP contribution is -2.40. The Bertz CT molecular complexity index is 355. The maximum absolute atomic E-state index is 12.3. The van der Waals surface area contributed by atoms with Crippen molar-refractivity contribution in [2.45, 2.75) is 26.7 Å². The van der Waals surface area contributed by atoms with Crippen molar-refractivity contribution in [3.63, 3.8) is 0 Å². The maximum atomic E-state index is 12.3.